The van der Waals surface area contributed by atoms with Gasteiger partial charge in [-0.2, -0.15) is 0 Å². The molecule has 2 heterocycles. The van der Waals surface area contributed by atoms with Gasteiger partial charge in [-0.3, -0.25) is 0 Å². The molecule has 5 rings (SSSR count). The van der Waals surface area contributed by atoms with Gasteiger partial charge < -0.3 is 29.8 Å². The number of hydrogen-bond acceptors (Lipinski definition) is 5. The molecule has 0 spiro atoms. The number of aliphatic hydroxyl groups is 1. The summed E-state index contributed by atoms with van der Waals surface area (Å²) in [6.45, 7) is 3.36. The Bertz CT molecular complexity index is 1460. The first-order chi connectivity index (χ1) is 19.9. The molecule has 1 aliphatic heterocycles. The number of rotatable bonds is 9. The standard InChI is InChI=1S/C31H32Cl2N4O4/c1-2-34-31(39)35-16-21-4-3-5-25(14-21)22-10-12-24(13-11-22)30-40-26(17-37-19-36-28(32)29(37)33)15-27(41-30)23-8-6-20(18-38)7-9-23/h3-14,19,26-27,30,38H,2,15-18H2,1H3,(H2,34,35,39)/t26-,27+,30+/m0/s1. The van der Waals surface area contributed by atoms with Crippen LogP contribution in [0.5, 0.6) is 0 Å². The Balaban J connectivity index is 1.34. The van der Waals surface area contributed by atoms with Gasteiger partial charge in [-0.05, 0) is 40.8 Å². The highest BCUT2D eigenvalue weighted by atomic mass is 35.5. The number of imidazole rings is 1. The van der Waals surface area contributed by atoms with Crippen LogP contribution in [0.1, 0.15) is 48.0 Å². The molecule has 8 nitrogen and oxygen atoms in total. The first-order valence-corrected chi connectivity index (χ1v) is 14.3. The largest absolute Gasteiger partial charge is 0.392 e. The molecule has 214 valence electrons. The minimum absolute atomic E-state index is 0.0139. The van der Waals surface area contributed by atoms with E-state index in [0.717, 1.165) is 33.4 Å². The number of halogens is 2. The van der Waals surface area contributed by atoms with Crippen LogP contribution in [0, 0.1) is 0 Å². The Morgan fingerprint density at radius 1 is 0.976 bits per heavy atom. The molecule has 0 aliphatic carbocycles. The molecule has 0 bridgehead atoms. The second-order valence-corrected chi connectivity index (χ2v) is 10.6. The number of amides is 2. The summed E-state index contributed by atoms with van der Waals surface area (Å²) in [5.74, 6) is 0. The maximum Gasteiger partial charge on any atom is 0.315 e. The van der Waals surface area contributed by atoms with E-state index in [2.05, 4.69) is 21.7 Å². The molecule has 0 unspecified atom stereocenters. The summed E-state index contributed by atoms with van der Waals surface area (Å²) in [7, 11) is 0. The van der Waals surface area contributed by atoms with Crippen molar-refractivity contribution in [1.29, 1.82) is 0 Å². The lowest BCUT2D eigenvalue weighted by Gasteiger charge is -2.36. The first kappa shape index (κ1) is 29.1. The minimum atomic E-state index is -0.601. The van der Waals surface area contributed by atoms with Crippen molar-refractivity contribution in [3.8, 4) is 11.1 Å². The molecule has 3 N–H and O–H groups in total. The van der Waals surface area contributed by atoms with Gasteiger partial charge in [0.1, 0.15) is 5.15 Å². The summed E-state index contributed by atoms with van der Waals surface area (Å²) >= 11 is 12.4. The van der Waals surface area contributed by atoms with E-state index < -0.39 is 6.29 Å². The van der Waals surface area contributed by atoms with Crippen molar-refractivity contribution < 1.29 is 19.4 Å². The number of nitrogens with one attached hydrogen (secondary N) is 2. The van der Waals surface area contributed by atoms with E-state index in [1.807, 2.05) is 73.7 Å². The van der Waals surface area contributed by atoms with Gasteiger partial charge in [-0.1, -0.05) is 89.9 Å². The average Bonchev–Trinajstić information content (AvgIpc) is 3.32. The van der Waals surface area contributed by atoms with Gasteiger partial charge in [0, 0.05) is 25.1 Å². The van der Waals surface area contributed by atoms with Crippen LogP contribution >= 0.6 is 23.2 Å². The summed E-state index contributed by atoms with van der Waals surface area (Å²) in [5.41, 5.74) is 5.83. The Kier molecular flexibility index (Phi) is 9.59. The zero-order valence-electron chi connectivity index (χ0n) is 22.6. The van der Waals surface area contributed by atoms with Crippen LogP contribution < -0.4 is 10.6 Å². The summed E-state index contributed by atoms with van der Waals surface area (Å²) in [5, 5.41) is 15.7. The van der Waals surface area contributed by atoms with Gasteiger partial charge in [0.25, 0.3) is 0 Å². The molecule has 10 heteroatoms. The van der Waals surface area contributed by atoms with E-state index in [0.29, 0.717) is 31.2 Å². The molecule has 1 fully saturated rings. The zero-order valence-corrected chi connectivity index (χ0v) is 24.1. The van der Waals surface area contributed by atoms with E-state index in [-0.39, 0.29) is 30.0 Å². The summed E-state index contributed by atoms with van der Waals surface area (Å²) in [4.78, 5) is 15.9. The van der Waals surface area contributed by atoms with Gasteiger partial charge in [0.2, 0.25) is 0 Å². The van der Waals surface area contributed by atoms with Gasteiger partial charge in [0.15, 0.2) is 11.4 Å². The van der Waals surface area contributed by atoms with E-state index >= 15 is 0 Å². The molecule has 3 aromatic carbocycles. The fourth-order valence-corrected chi connectivity index (χ4v) is 5.14. The quantitative estimate of drug-likeness (QED) is 0.208. The van der Waals surface area contributed by atoms with Gasteiger partial charge in [-0.25, -0.2) is 9.78 Å². The highest BCUT2D eigenvalue weighted by Gasteiger charge is 2.33. The fourth-order valence-electron chi connectivity index (χ4n) is 4.82. The van der Waals surface area contributed by atoms with Crippen LogP contribution in [-0.2, 0) is 29.2 Å². The van der Waals surface area contributed by atoms with Crippen molar-refractivity contribution in [2.24, 2.45) is 0 Å². The van der Waals surface area contributed by atoms with Gasteiger partial charge in [0.05, 0.1) is 31.7 Å². The number of aliphatic hydroxyl groups excluding tert-OH is 1. The number of benzene rings is 3. The van der Waals surface area contributed by atoms with Crippen molar-refractivity contribution >= 4 is 29.2 Å². The molecule has 2 amide bonds. The van der Waals surface area contributed by atoms with Crippen LogP contribution in [0.25, 0.3) is 11.1 Å². The lowest BCUT2D eigenvalue weighted by Crippen LogP contribution is -2.34. The predicted molar refractivity (Wildman–Crippen MR) is 158 cm³/mol. The Morgan fingerprint density at radius 2 is 1.73 bits per heavy atom. The number of carbonyl (C=O) groups excluding carboxylic acids is 1. The molecule has 0 radical (unpaired) electrons. The number of ether oxygens (including phenoxy) is 2. The van der Waals surface area contributed by atoms with Crippen molar-refractivity contribution in [2.45, 2.75) is 51.5 Å². The zero-order chi connectivity index (χ0) is 28.8. The Labute approximate surface area is 249 Å². The molecule has 41 heavy (non-hydrogen) atoms. The number of hydrogen-bond donors (Lipinski definition) is 3. The molecular formula is C31H32Cl2N4O4. The van der Waals surface area contributed by atoms with E-state index in [9.17, 15) is 9.90 Å². The van der Waals surface area contributed by atoms with Crippen LogP contribution in [0.15, 0.2) is 79.1 Å². The topological polar surface area (TPSA) is 97.6 Å². The van der Waals surface area contributed by atoms with Crippen LogP contribution in [0.3, 0.4) is 0 Å². The molecular weight excluding hydrogens is 563 g/mol. The van der Waals surface area contributed by atoms with Crippen molar-refractivity contribution in [1.82, 2.24) is 20.2 Å². The SMILES string of the molecule is CCNC(=O)NCc1cccc(-c2ccc([C@@H]3O[C@H](Cn4cnc(Cl)c4Cl)C[C@H](c4ccc(CO)cc4)O3)cc2)c1. The molecule has 4 aromatic rings. The number of urea groups is 1. The molecule has 1 aromatic heterocycles. The number of nitrogens with zero attached hydrogens (tertiary/aromatic N) is 2. The molecule has 0 saturated carbocycles. The average molecular weight is 596 g/mol. The lowest BCUT2D eigenvalue weighted by atomic mass is 9.99. The summed E-state index contributed by atoms with van der Waals surface area (Å²) < 4.78 is 14.7. The third-order valence-electron chi connectivity index (χ3n) is 6.98. The second-order valence-electron chi connectivity index (χ2n) is 9.86. The van der Waals surface area contributed by atoms with Crippen molar-refractivity contribution in [2.75, 3.05) is 6.54 Å². The van der Waals surface area contributed by atoms with E-state index in [1.165, 1.54) is 0 Å². The van der Waals surface area contributed by atoms with E-state index in [4.69, 9.17) is 32.7 Å². The lowest BCUT2D eigenvalue weighted by molar-refractivity contribution is -0.252. The maximum absolute atomic E-state index is 11.8. The van der Waals surface area contributed by atoms with Crippen molar-refractivity contribution in [3.05, 3.63) is 112 Å². The third kappa shape index (κ3) is 7.28. The van der Waals surface area contributed by atoms with Crippen LogP contribution in [-0.4, -0.2) is 33.3 Å². The van der Waals surface area contributed by atoms with Gasteiger partial charge >= 0.3 is 6.03 Å². The fraction of sp³-hybridized carbons (Fsp3) is 0.290. The predicted octanol–water partition coefficient (Wildman–Crippen LogP) is 6.41. The first-order valence-electron chi connectivity index (χ1n) is 13.5. The minimum Gasteiger partial charge on any atom is -0.392 e. The van der Waals surface area contributed by atoms with Gasteiger partial charge in [-0.15, -0.1) is 0 Å². The highest BCUT2D eigenvalue weighted by molar-refractivity contribution is 6.40. The molecule has 1 saturated heterocycles. The number of carbonyl (C=O) groups is 1. The summed E-state index contributed by atoms with van der Waals surface area (Å²) in [6, 6.07) is 23.8. The summed E-state index contributed by atoms with van der Waals surface area (Å²) in [6.07, 6.45) is 1.18. The monoisotopic (exact) mass is 594 g/mol. The van der Waals surface area contributed by atoms with Crippen molar-refractivity contribution in [3.63, 3.8) is 0 Å². The Morgan fingerprint density at radius 3 is 2.41 bits per heavy atom. The second kappa shape index (κ2) is 13.5. The third-order valence-corrected chi connectivity index (χ3v) is 7.75. The smallest absolute Gasteiger partial charge is 0.315 e. The number of aromatic nitrogens is 2. The maximum atomic E-state index is 11.8. The normalized spacial score (nSPS) is 18.7. The van der Waals surface area contributed by atoms with Crippen LogP contribution in [0.2, 0.25) is 10.3 Å². The van der Waals surface area contributed by atoms with Crippen LogP contribution in [0.4, 0.5) is 4.79 Å². The molecule has 3 atom stereocenters. The molecule has 1 aliphatic rings. The highest BCUT2D eigenvalue weighted by Crippen LogP contribution is 2.39. The Hall–Kier alpha value is -3.40. The van der Waals surface area contributed by atoms with E-state index in [1.54, 1.807) is 10.9 Å².